The monoisotopic (exact) mass is 684 g/mol. The number of fused-ring (bicyclic) bond motifs is 4. The summed E-state index contributed by atoms with van der Waals surface area (Å²) in [5.41, 5.74) is 5.20. The third kappa shape index (κ3) is 8.94. The summed E-state index contributed by atoms with van der Waals surface area (Å²) in [4.78, 5) is 32.2. The van der Waals surface area contributed by atoms with Crippen LogP contribution in [0, 0.1) is 24.7 Å². The number of hydrogen-bond acceptors (Lipinski definition) is 8. The number of rotatable bonds is 6. The minimum absolute atomic E-state index is 0.0719. The van der Waals surface area contributed by atoms with Gasteiger partial charge >= 0.3 is 0 Å². The number of benzene rings is 2. The average Bonchev–Trinajstić information content (AvgIpc) is 3.00. The molecule has 0 fully saturated rings. The summed E-state index contributed by atoms with van der Waals surface area (Å²) in [6.45, 7) is 18.0. The van der Waals surface area contributed by atoms with Gasteiger partial charge in [0.25, 0.3) is 15.9 Å². The van der Waals surface area contributed by atoms with E-state index in [4.69, 9.17) is 4.74 Å². The fraction of sp³-hybridized carbons (Fsp3) is 0.421. The highest BCUT2D eigenvalue weighted by Crippen LogP contribution is 2.32. The summed E-state index contributed by atoms with van der Waals surface area (Å²) >= 11 is 0. The van der Waals surface area contributed by atoms with Crippen LogP contribution >= 0.6 is 0 Å². The van der Waals surface area contributed by atoms with Crippen LogP contribution in [0.25, 0.3) is 11.3 Å². The molecule has 1 N–H and O–H groups in total. The Labute approximate surface area is 291 Å². The molecule has 0 radical (unpaired) electrons. The Hall–Kier alpha value is -4.51. The summed E-state index contributed by atoms with van der Waals surface area (Å²) in [6.07, 6.45) is 2.36. The highest BCUT2D eigenvalue weighted by Gasteiger charge is 2.32. The normalized spacial score (nSPS) is 16.5. The van der Waals surface area contributed by atoms with Gasteiger partial charge in [0.2, 0.25) is 11.8 Å². The summed E-state index contributed by atoms with van der Waals surface area (Å²) in [5, 5.41) is 0. The van der Waals surface area contributed by atoms with Crippen LogP contribution in [0.5, 0.6) is 5.88 Å². The number of aryl methyl sites for hydroxylation is 2. The van der Waals surface area contributed by atoms with Gasteiger partial charge in [-0.25, -0.2) is 18.1 Å². The summed E-state index contributed by atoms with van der Waals surface area (Å²) in [5.74, 6) is -0.235. The van der Waals surface area contributed by atoms with E-state index >= 15 is 0 Å². The van der Waals surface area contributed by atoms with Crippen LogP contribution in [0.4, 0.5) is 11.6 Å². The lowest BCUT2D eigenvalue weighted by atomic mass is 9.87. The van der Waals surface area contributed by atoms with Crippen LogP contribution in [0.2, 0.25) is 0 Å². The number of hydrogen-bond donors (Lipinski definition) is 1. The molecule has 1 aliphatic heterocycles. The minimum atomic E-state index is -4.17. The van der Waals surface area contributed by atoms with Crippen molar-refractivity contribution in [2.75, 3.05) is 29.8 Å². The van der Waals surface area contributed by atoms with E-state index in [9.17, 15) is 13.2 Å². The maximum absolute atomic E-state index is 14.5. The molecule has 5 rings (SSSR count). The number of amides is 1. The van der Waals surface area contributed by atoms with Crippen LogP contribution in [-0.2, 0) is 16.6 Å². The second-order valence-corrected chi connectivity index (χ2v) is 17.1. The predicted octanol–water partition coefficient (Wildman–Crippen LogP) is 7.28. The van der Waals surface area contributed by atoms with Gasteiger partial charge < -0.3 is 14.5 Å². The van der Waals surface area contributed by atoms with Gasteiger partial charge in [0.05, 0.1) is 28.9 Å². The van der Waals surface area contributed by atoms with Gasteiger partial charge in [-0.15, -0.1) is 0 Å². The van der Waals surface area contributed by atoms with Crippen molar-refractivity contribution >= 4 is 27.6 Å². The molecule has 0 spiro atoms. The van der Waals surface area contributed by atoms with Crippen LogP contribution in [0.3, 0.4) is 0 Å². The first-order valence-electron chi connectivity index (χ1n) is 16.6. The second kappa shape index (κ2) is 13.8. The van der Waals surface area contributed by atoms with Crippen molar-refractivity contribution in [3.8, 4) is 17.1 Å². The molecule has 4 bridgehead atoms. The minimum Gasteiger partial charge on any atom is -0.475 e. The van der Waals surface area contributed by atoms with Gasteiger partial charge in [0, 0.05) is 42.7 Å². The van der Waals surface area contributed by atoms with E-state index in [0.717, 1.165) is 28.9 Å². The number of sulfonamides is 1. The molecule has 10 nitrogen and oxygen atoms in total. The zero-order valence-corrected chi connectivity index (χ0v) is 30.9. The van der Waals surface area contributed by atoms with Crippen molar-refractivity contribution in [1.29, 1.82) is 0 Å². The van der Waals surface area contributed by atoms with Crippen LogP contribution < -0.4 is 14.4 Å². The molecule has 0 saturated carbocycles. The number of nitrogens with one attached hydrogen (secondary N) is 1. The van der Waals surface area contributed by atoms with Crippen molar-refractivity contribution in [3.63, 3.8) is 0 Å². The molecule has 0 saturated heterocycles. The largest absolute Gasteiger partial charge is 0.475 e. The van der Waals surface area contributed by atoms with Crippen molar-refractivity contribution in [1.82, 2.24) is 19.9 Å². The zero-order valence-electron chi connectivity index (χ0n) is 30.0. The molecule has 49 heavy (non-hydrogen) atoms. The first-order chi connectivity index (χ1) is 22.9. The smallest absolute Gasteiger partial charge is 0.264 e. The van der Waals surface area contributed by atoms with Crippen molar-refractivity contribution in [2.45, 2.75) is 79.3 Å². The molecular formula is C38H48N6O4S. The maximum atomic E-state index is 14.5. The second-order valence-electron chi connectivity index (χ2n) is 15.4. The topological polar surface area (TPSA) is 118 Å². The standard InChI is InChI=1S/C38H48N6O4S/c1-25-12-10-13-26(2)34(25)32-20-33-41-36(40-32)42-49(46,47)31-15-11-14-27(18-31)35(45)44(30(23-48-33)21-37(3,4)5)22-28-19-29(16-17-39-28)43(9)24-38(6,7)8/h10-20,30H,21-24H2,1-9H3,(H,40,41,42)/t30-/m1/s1. The number of ether oxygens (including phenoxy) is 1. The lowest BCUT2D eigenvalue weighted by Gasteiger charge is -2.36. The Morgan fingerprint density at radius 1 is 0.939 bits per heavy atom. The van der Waals surface area contributed by atoms with Gasteiger partial charge in [-0.05, 0) is 72.6 Å². The molecule has 0 aliphatic carbocycles. The van der Waals surface area contributed by atoms with Crippen LogP contribution in [-0.4, -0.2) is 60.4 Å². The van der Waals surface area contributed by atoms with E-state index in [2.05, 4.69) is 66.1 Å². The number of pyridine rings is 1. The zero-order chi connectivity index (χ0) is 35.7. The Morgan fingerprint density at radius 3 is 2.31 bits per heavy atom. The SMILES string of the molecule is Cc1cccc(C)c1-c1cc2nc(n1)NS(=O)(=O)c1cccc(c1)C(=O)N(Cc1cc(N(C)CC(C)(C)C)ccn1)[C@H](CC(C)(C)C)CO2. The number of anilines is 2. The summed E-state index contributed by atoms with van der Waals surface area (Å²) in [6, 6.07) is 17.3. The molecule has 3 heterocycles. The Morgan fingerprint density at radius 2 is 1.63 bits per heavy atom. The van der Waals surface area contributed by atoms with Crippen LogP contribution in [0.1, 0.15) is 75.1 Å². The predicted molar refractivity (Wildman–Crippen MR) is 194 cm³/mol. The highest BCUT2D eigenvalue weighted by atomic mass is 32.2. The molecule has 1 amide bonds. The molecule has 1 atom stereocenters. The van der Waals surface area contributed by atoms with Gasteiger partial charge in [-0.2, -0.15) is 4.98 Å². The fourth-order valence-electron chi connectivity index (χ4n) is 6.31. The number of carbonyl (C=O) groups is 1. The van der Waals surface area contributed by atoms with Crippen molar-refractivity contribution in [2.24, 2.45) is 10.8 Å². The number of carbonyl (C=O) groups excluding carboxylic acids is 1. The lowest BCUT2D eigenvalue weighted by Crippen LogP contribution is -2.45. The third-order valence-corrected chi connectivity index (χ3v) is 9.64. The Kier molecular flexibility index (Phi) is 10.1. The van der Waals surface area contributed by atoms with E-state index in [-0.39, 0.29) is 52.2 Å². The Balaban J connectivity index is 1.64. The molecular weight excluding hydrogens is 637 g/mol. The van der Waals surface area contributed by atoms with Gasteiger partial charge in [0.1, 0.15) is 6.61 Å². The van der Waals surface area contributed by atoms with E-state index in [0.29, 0.717) is 17.8 Å². The van der Waals surface area contributed by atoms with Crippen LogP contribution in [0.15, 0.2) is 71.8 Å². The van der Waals surface area contributed by atoms with Crippen molar-refractivity contribution in [3.05, 3.63) is 89.2 Å². The van der Waals surface area contributed by atoms with Crippen molar-refractivity contribution < 1.29 is 17.9 Å². The molecule has 2 aromatic carbocycles. The van der Waals surface area contributed by atoms with E-state index in [1.54, 1.807) is 29.3 Å². The molecule has 2 aromatic heterocycles. The fourth-order valence-corrected chi connectivity index (χ4v) is 7.30. The quantitative estimate of drug-likeness (QED) is 0.225. The first-order valence-corrected chi connectivity index (χ1v) is 18.1. The van der Waals surface area contributed by atoms with E-state index in [1.807, 2.05) is 51.2 Å². The van der Waals surface area contributed by atoms with Gasteiger partial charge in [-0.1, -0.05) is 65.8 Å². The molecule has 11 heteroatoms. The summed E-state index contributed by atoms with van der Waals surface area (Å²) in [7, 11) is -2.12. The third-order valence-electron chi connectivity index (χ3n) is 8.31. The first kappa shape index (κ1) is 35.8. The highest BCUT2D eigenvalue weighted by molar-refractivity contribution is 7.92. The number of aromatic nitrogens is 3. The summed E-state index contributed by atoms with van der Waals surface area (Å²) < 4.78 is 36.4. The maximum Gasteiger partial charge on any atom is 0.264 e. The lowest BCUT2D eigenvalue weighted by molar-refractivity contribution is 0.0509. The molecule has 260 valence electrons. The van der Waals surface area contributed by atoms with Gasteiger partial charge in [0.15, 0.2) is 0 Å². The van der Waals surface area contributed by atoms with E-state index in [1.165, 1.54) is 12.1 Å². The van der Waals surface area contributed by atoms with E-state index < -0.39 is 16.1 Å². The molecule has 1 aliphatic rings. The molecule has 4 aromatic rings. The molecule has 0 unspecified atom stereocenters. The average molecular weight is 685 g/mol. The number of nitrogens with zero attached hydrogens (tertiary/aromatic N) is 5. The Bertz CT molecular complexity index is 1930. The van der Waals surface area contributed by atoms with Gasteiger partial charge in [-0.3, -0.25) is 9.78 Å².